The van der Waals surface area contributed by atoms with Gasteiger partial charge in [0, 0.05) is 10.7 Å². The normalized spacial score (nSPS) is 9.17. The Labute approximate surface area is 147 Å². The van der Waals surface area contributed by atoms with Gasteiger partial charge < -0.3 is 5.11 Å². The van der Waals surface area contributed by atoms with Gasteiger partial charge in [0.15, 0.2) is 0 Å². The third kappa shape index (κ3) is 9.70. The van der Waals surface area contributed by atoms with Crippen LogP contribution in [0.15, 0.2) is 24.8 Å². The van der Waals surface area contributed by atoms with Crippen LogP contribution in [0.5, 0.6) is 0 Å². The molecule has 2 heterocycles. The summed E-state index contributed by atoms with van der Waals surface area (Å²) in [5.74, 6) is 0. The van der Waals surface area contributed by atoms with Crippen molar-refractivity contribution in [2.45, 2.75) is 6.54 Å². The summed E-state index contributed by atoms with van der Waals surface area (Å²) in [4.78, 5) is 19.0. The molecule has 13 heteroatoms. The van der Waals surface area contributed by atoms with Crippen LogP contribution < -0.4 is 0 Å². The van der Waals surface area contributed by atoms with Crippen LogP contribution in [-0.2, 0) is 6.54 Å². The van der Waals surface area contributed by atoms with Crippen LogP contribution >= 0.6 is 31.9 Å². The summed E-state index contributed by atoms with van der Waals surface area (Å²) in [5, 5.41) is 38.7. The second kappa shape index (κ2) is 12.7. The molecule has 0 unspecified atom stereocenters. The molecular formula is C10H14Br2N6O5. The maximum Gasteiger partial charge on any atom is 0.306 e. The van der Waals surface area contributed by atoms with Crippen molar-refractivity contribution in [1.82, 2.24) is 20.0 Å². The molecule has 0 radical (unpaired) electrons. The van der Waals surface area contributed by atoms with Gasteiger partial charge in [-0.15, -0.1) is 0 Å². The van der Waals surface area contributed by atoms with Crippen molar-refractivity contribution in [1.29, 1.82) is 0 Å². The van der Waals surface area contributed by atoms with Crippen LogP contribution in [0.4, 0.5) is 11.4 Å². The Morgan fingerprint density at radius 2 is 1.78 bits per heavy atom. The number of hydrogen-bond donors (Lipinski definition) is 2. The predicted octanol–water partition coefficient (Wildman–Crippen LogP) is 1.88. The number of H-pyrrole nitrogens is 1. The lowest BCUT2D eigenvalue weighted by molar-refractivity contribution is -0.385. The summed E-state index contributed by atoms with van der Waals surface area (Å²) >= 11 is 6.20. The van der Waals surface area contributed by atoms with E-state index < -0.39 is 9.85 Å². The molecule has 2 aromatic heterocycles. The molecule has 0 fully saturated rings. The van der Waals surface area contributed by atoms with Gasteiger partial charge >= 0.3 is 11.4 Å². The number of aliphatic hydroxyl groups excluding tert-OH is 1. The fourth-order valence-electron chi connectivity index (χ4n) is 1.000. The average Bonchev–Trinajstić information content (AvgIpc) is 3.20. The molecule has 0 bridgehead atoms. The molecule has 2 N–H and O–H groups in total. The van der Waals surface area contributed by atoms with Gasteiger partial charge in [-0.05, 0) is 0 Å². The fourth-order valence-corrected chi connectivity index (χ4v) is 1.36. The van der Waals surface area contributed by atoms with Crippen molar-refractivity contribution in [2.75, 3.05) is 17.3 Å². The van der Waals surface area contributed by atoms with E-state index in [1.54, 1.807) is 0 Å². The van der Waals surface area contributed by atoms with Gasteiger partial charge in [-0.2, -0.15) is 10.2 Å². The first kappa shape index (κ1) is 21.1. The number of rotatable bonds is 5. The van der Waals surface area contributed by atoms with Crippen molar-refractivity contribution in [3.8, 4) is 0 Å². The van der Waals surface area contributed by atoms with E-state index >= 15 is 0 Å². The number of aryl methyl sites for hydroxylation is 1. The van der Waals surface area contributed by atoms with Gasteiger partial charge in [0.2, 0.25) is 0 Å². The Morgan fingerprint density at radius 1 is 1.17 bits per heavy atom. The first-order valence-electron chi connectivity index (χ1n) is 5.99. The third-order valence-corrected chi connectivity index (χ3v) is 2.63. The van der Waals surface area contributed by atoms with E-state index in [4.69, 9.17) is 5.11 Å². The first-order chi connectivity index (χ1) is 11.0. The number of nitro groups is 2. The van der Waals surface area contributed by atoms with Crippen LogP contribution in [0.2, 0.25) is 0 Å². The number of aromatic amines is 1. The van der Waals surface area contributed by atoms with Crippen LogP contribution in [0.1, 0.15) is 0 Å². The lowest BCUT2D eigenvalue weighted by Crippen LogP contribution is -1.98. The van der Waals surface area contributed by atoms with E-state index in [1.807, 2.05) is 0 Å². The summed E-state index contributed by atoms with van der Waals surface area (Å²) in [6.07, 6.45) is 5.02. The number of alkyl halides is 2. The minimum Gasteiger partial charge on any atom is -0.396 e. The first-order valence-corrected chi connectivity index (χ1v) is 8.23. The number of aromatic nitrogens is 4. The minimum atomic E-state index is -0.510. The lowest BCUT2D eigenvalue weighted by atomic mass is 10.6. The van der Waals surface area contributed by atoms with Crippen molar-refractivity contribution in [3.63, 3.8) is 0 Å². The Morgan fingerprint density at radius 3 is 2.09 bits per heavy atom. The van der Waals surface area contributed by atoms with Crippen LogP contribution in [-0.4, -0.2) is 52.2 Å². The Balaban J connectivity index is 0.000000354. The van der Waals surface area contributed by atoms with Gasteiger partial charge in [-0.25, -0.2) is 0 Å². The van der Waals surface area contributed by atoms with Crippen LogP contribution in [0, 0.1) is 20.2 Å². The molecule has 0 aliphatic carbocycles. The highest BCUT2D eigenvalue weighted by atomic mass is 79.9. The summed E-state index contributed by atoms with van der Waals surface area (Å²) in [5.41, 5.74) is 0.0240. The maximum atomic E-state index is 10.2. The van der Waals surface area contributed by atoms with Crippen molar-refractivity contribution in [2.24, 2.45) is 0 Å². The number of hydrogen-bond acceptors (Lipinski definition) is 7. The molecule has 0 aliphatic rings. The quantitative estimate of drug-likeness (QED) is 0.394. The zero-order chi connectivity index (χ0) is 17.7. The second-order valence-corrected chi connectivity index (χ2v) is 5.12. The maximum absolute atomic E-state index is 10.2. The Hall–Kier alpha value is -1.86. The highest BCUT2D eigenvalue weighted by Gasteiger charge is 2.07. The molecule has 0 aromatic carbocycles. The molecule has 0 aliphatic heterocycles. The molecule has 128 valence electrons. The number of aliphatic hydroxyl groups is 1. The summed E-state index contributed by atoms with van der Waals surface area (Å²) in [6.45, 7) is 0.883. The molecule has 0 saturated heterocycles. The van der Waals surface area contributed by atoms with Crippen LogP contribution in [0.3, 0.4) is 0 Å². The minimum absolute atomic E-state index is 0.00926. The highest BCUT2D eigenvalue weighted by molar-refractivity contribution is 9.09. The van der Waals surface area contributed by atoms with Gasteiger partial charge in [-0.3, -0.25) is 30.0 Å². The molecule has 23 heavy (non-hydrogen) atoms. The van der Waals surface area contributed by atoms with E-state index in [0.29, 0.717) is 11.9 Å². The molecule has 2 aromatic rings. The largest absolute Gasteiger partial charge is 0.396 e. The topological polar surface area (TPSA) is 153 Å². The Kier molecular flexibility index (Phi) is 11.6. The zero-order valence-electron chi connectivity index (χ0n) is 11.7. The SMILES string of the molecule is O=[N+]([O-])c1cn[nH]c1.O=[N+]([O-])c1cnn(CCBr)c1.OCCBr. The van der Waals surface area contributed by atoms with E-state index in [1.165, 1.54) is 23.3 Å². The third-order valence-electron chi connectivity index (χ3n) is 1.92. The second-order valence-electron chi connectivity index (χ2n) is 3.53. The van der Waals surface area contributed by atoms with Crippen LogP contribution in [0.25, 0.3) is 0 Å². The Bertz CT molecular complexity index is 574. The average molecular weight is 458 g/mol. The molecule has 0 atom stereocenters. The van der Waals surface area contributed by atoms with Gasteiger partial charge in [0.05, 0.1) is 29.2 Å². The summed E-state index contributed by atoms with van der Waals surface area (Å²) in [7, 11) is 0. The molecule has 0 amide bonds. The number of halogens is 2. The predicted molar refractivity (Wildman–Crippen MR) is 88.8 cm³/mol. The van der Waals surface area contributed by atoms with E-state index in [2.05, 4.69) is 47.2 Å². The van der Waals surface area contributed by atoms with Crippen molar-refractivity contribution >= 4 is 43.2 Å². The summed E-state index contributed by atoms with van der Waals surface area (Å²) < 4.78 is 1.52. The summed E-state index contributed by atoms with van der Waals surface area (Å²) in [6, 6.07) is 0. The molecular weight excluding hydrogens is 444 g/mol. The fraction of sp³-hybridized carbons (Fsp3) is 0.400. The van der Waals surface area contributed by atoms with Crippen molar-refractivity contribution in [3.05, 3.63) is 45.0 Å². The van der Waals surface area contributed by atoms with Gasteiger partial charge in [-0.1, -0.05) is 31.9 Å². The smallest absolute Gasteiger partial charge is 0.306 e. The zero-order valence-corrected chi connectivity index (χ0v) is 14.9. The van der Waals surface area contributed by atoms with E-state index in [-0.39, 0.29) is 18.0 Å². The molecule has 0 saturated carbocycles. The van der Waals surface area contributed by atoms with Crippen molar-refractivity contribution < 1.29 is 15.0 Å². The van der Waals surface area contributed by atoms with E-state index in [0.717, 1.165) is 11.5 Å². The molecule has 11 nitrogen and oxygen atoms in total. The molecule has 2 rings (SSSR count). The monoisotopic (exact) mass is 456 g/mol. The molecule has 0 spiro atoms. The van der Waals surface area contributed by atoms with Gasteiger partial charge in [0.1, 0.15) is 18.6 Å². The highest BCUT2D eigenvalue weighted by Crippen LogP contribution is 2.07. The number of nitrogens with one attached hydrogen (secondary N) is 1. The van der Waals surface area contributed by atoms with E-state index in [9.17, 15) is 20.2 Å². The standard InChI is InChI=1S/C5H6BrN3O2.C3H3N3O2.C2H5BrO/c6-1-2-8-4-5(3-7-8)9(10)11;7-6(8)3-1-4-5-2-3;3-1-2-4/h3-4H,1-2H2;1-2H,(H,4,5);4H,1-2H2. The lowest BCUT2D eigenvalue weighted by Gasteiger charge is -1.91. The number of nitrogens with zero attached hydrogens (tertiary/aromatic N) is 5. The van der Waals surface area contributed by atoms with Gasteiger partial charge in [0.25, 0.3) is 0 Å².